The Hall–Kier alpha value is -2.05. The summed E-state index contributed by atoms with van der Waals surface area (Å²) < 4.78 is 2.71. The number of hydrogen-bond donors (Lipinski definition) is 2. The van der Waals surface area contributed by atoms with Gasteiger partial charge in [0.25, 0.3) is 5.91 Å². The van der Waals surface area contributed by atoms with E-state index in [0.29, 0.717) is 28.7 Å². The lowest BCUT2D eigenvalue weighted by Gasteiger charge is -2.04. The summed E-state index contributed by atoms with van der Waals surface area (Å²) in [5.74, 6) is -0.169. The average Bonchev–Trinajstić information content (AvgIpc) is 3.08. The molecule has 1 amide bonds. The molecule has 2 heterocycles. The minimum atomic E-state index is -0.169. The van der Waals surface area contributed by atoms with E-state index in [2.05, 4.69) is 10.4 Å². The van der Waals surface area contributed by atoms with Crippen LogP contribution >= 0.6 is 22.9 Å². The monoisotopic (exact) mass is 320 g/mol. The number of rotatable bonds is 4. The summed E-state index contributed by atoms with van der Waals surface area (Å²) in [6, 6.07) is 7.29. The lowest BCUT2D eigenvalue weighted by Crippen LogP contribution is -2.27. The van der Waals surface area contributed by atoms with Crippen LogP contribution in [-0.2, 0) is 6.54 Å². The number of nitrogens with two attached hydrogens (primary N) is 1. The summed E-state index contributed by atoms with van der Waals surface area (Å²) in [4.78, 5) is 12.7. The van der Waals surface area contributed by atoms with Crippen molar-refractivity contribution in [3.8, 4) is 0 Å². The van der Waals surface area contributed by atoms with Crippen LogP contribution in [0.2, 0.25) is 5.02 Å². The highest BCUT2D eigenvalue weighted by atomic mass is 35.5. The molecular formula is C14H13ClN4OS. The van der Waals surface area contributed by atoms with Gasteiger partial charge >= 0.3 is 0 Å². The van der Waals surface area contributed by atoms with Crippen molar-refractivity contribution < 1.29 is 4.79 Å². The number of aromatic nitrogens is 2. The molecular weight excluding hydrogens is 308 g/mol. The number of thiophene rings is 1. The van der Waals surface area contributed by atoms with Gasteiger partial charge in [0.05, 0.1) is 12.2 Å². The van der Waals surface area contributed by atoms with E-state index in [1.165, 1.54) is 11.3 Å². The van der Waals surface area contributed by atoms with Crippen LogP contribution in [0.5, 0.6) is 0 Å². The Bertz CT molecular complexity index is 782. The summed E-state index contributed by atoms with van der Waals surface area (Å²) in [6.07, 6.45) is 3.55. The number of nitrogens with one attached hydrogen (secondary N) is 1. The van der Waals surface area contributed by atoms with Gasteiger partial charge in [0.1, 0.15) is 4.88 Å². The minimum Gasteiger partial charge on any atom is -0.397 e. The molecule has 0 radical (unpaired) electrons. The van der Waals surface area contributed by atoms with E-state index in [1.807, 2.05) is 18.3 Å². The van der Waals surface area contributed by atoms with Crippen molar-refractivity contribution in [1.82, 2.24) is 15.1 Å². The quantitative estimate of drug-likeness (QED) is 0.776. The Balaban J connectivity index is 1.73. The Morgan fingerprint density at radius 3 is 3.10 bits per heavy atom. The highest BCUT2D eigenvalue weighted by Crippen LogP contribution is 2.35. The zero-order valence-electron chi connectivity index (χ0n) is 11.0. The molecule has 3 rings (SSSR count). The van der Waals surface area contributed by atoms with Gasteiger partial charge in [-0.3, -0.25) is 9.48 Å². The van der Waals surface area contributed by atoms with Crippen LogP contribution < -0.4 is 11.1 Å². The van der Waals surface area contributed by atoms with Crippen LogP contribution in [0, 0.1) is 0 Å². The zero-order chi connectivity index (χ0) is 14.8. The third-order valence-corrected chi connectivity index (χ3v) is 4.50. The molecule has 0 atom stereocenters. The van der Waals surface area contributed by atoms with Crippen LogP contribution in [0.15, 0.2) is 36.7 Å². The summed E-state index contributed by atoms with van der Waals surface area (Å²) in [5.41, 5.74) is 6.53. The summed E-state index contributed by atoms with van der Waals surface area (Å²) >= 11 is 7.33. The van der Waals surface area contributed by atoms with Crippen molar-refractivity contribution in [3.63, 3.8) is 0 Å². The fourth-order valence-corrected chi connectivity index (χ4v) is 3.25. The van der Waals surface area contributed by atoms with Gasteiger partial charge in [-0.15, -0.1) is 11.3 Å². The van der Waals surface area contributed by atoms with Gasteiger partial charge in [-0.1, -0.05) is 11.6 Å². The smallest absolute Gasteiger partial charge is 0.263 e. The fourth-order valence-electron chi connectivity index (χ4n) is 2.05. The second kappa shape index (κ2) is 5.75. The zero-order valence-corrected chi connectivity index (χ0v) is 12.6. The molecule has 21 heavy (non-hydrogen) atoms. The molecule has 0 saturated carbocycles. The summed E-state index contributed by atoms with van der Waals surface area (Å²) in [5, 5.41) is 8.36. The van der Waals surface area contributed by atoms with E-state index in [0.717, 1.165) is 10.1 Å². The van der Waals surface area contributed by atoms with Crippen molar-refractivity contribution >= 4 is 44.6 Å². The number of fused-ring (bicyclic) bond motifs is 1. The number of anilines is 1. The van der Waals surface area contributed by atoms with Crippen molar-refractivity contribution in [2.75, 3.05) is 12.3 Å². The predicted octanol–water partition coefficient (Wildman–Crippen LogP) is 2.76. The van der Waals surface area contributed by atoms with Gasteiger partial charge in [-0.05, 0) is 24.3 Å². The lowest BCUT2D eigenvalue weighted by atomic mass is 10.2. The normalized spacial score (nSPS) is 10.9. The maximum absolute atomic E-state index is 12.2. The molecule has 5 nitrogen and oxygen atoms in total. The summed E-state index contributed by atoms with van der Waals surface area (Å²) in [7, 11) is 0. The standard InChI is InChI=1S/C14H13ClN4OS/c15-9-2-3-11-10(8-9)12(16)13(21-11)14(20)17-5-7-19-6-1-4-18-19/h1-4,6,8H,5,7,16H2,(H,17,20). The number of amides is 1. The second-order valence-electron chi connectivity index (χ2n) is 4.51. The molecule has 2 aromatic heterocycles. The van der Waals surface area contributed by atoms with Crippen LogP contribution in [0.25, 0.3) is 10.1 Å². The average molecular weight is 321 g/mol. The van der Waals surface area contributed by atoms with E-state index in [4.69, 9.17) is 17.3 Å². The number of carbonyl (C=O) groups is 1. The largest absolute Gasteiger partial charge is 0.397 e. The molecule has 0 bridgehead atoms. The van der Waals surface area contributed by atoms with Crippen molar-refractivity contribution in [2.45, 2.75) is 6.54 Å². The first-order valence-electron chi connectivity index (χ1n) is 6.38. The molecule has 3 aromatic rings. The number of nitrogen functional groups attached to an aromatic ring is 1. The van der Waals surface area contributed by atoms with Gasteiger partial charge < -0.3 is 11.1 Å². The molecule has 0 aliphatic heterocycles. The van der Waals surface area contributed by atoms with Crippen molar-refractivity contribution in [1.29, 1.82) is 0 Å². The first-order chi connectivity index (χ1) is 10.1. The highest BCUT2D eigenvalue weighted by molar-refractivity contribution is 7.21. The number of carbonyl (C=O) groups excluding carboxylic acids is 1. The number of halogens is 1. The van der Waals surface area contributed by atoms with E-state index >= 15 is 0 Å². The van der Waals surface area contributed by atoms with E-state index in [-0.39, 0.29) is 5.91 Å². The van der Waals surface area contributed by atoms with E-state index < -0.39 is 0 Å². The molecule has 0 saturated heterocycles. The van der Waals surface area contributed by atoms with Crippen LogP contribution in [-0.4, -0.2) is 22.2 Å². The number of nitrogens with zero attached hydrogens (tertiary/aromatic N) is 2. The maximum atomic E-state index is 12.2. The molecule has 0 unspecified atom stereocenters. The van der Waals surface area contributed by atoms with Gasteiger partial charge in [0.2, 0.25) is 0 Å². The third-order valence-electron chi connectivity index (χ3n) is 3.08. The number of benzene rings is 1. The molecule has 0 fully saturated rings. The topological polar surface area (TPSA) is 72.9 Å². The van der Waals surface area contributed by atoms with Crippen LogP contribution in [0.1, 0.15) is 9.67 Å². The van der Waals surface area contributed by atoms with Gasteiger partial charge in [-0.2, -0.15) is 5.10 Å². The van der Waals surface area contributed by atoms with Gasteiger partial charge in [0.15, 0.2) is 0 Å². The fraction of sp³-hybridized carbons (Fsp3) is 0.143. The first-order valence-corrected chi connectivity index (χ1v) is 7.58. The molecule has 3 N–H and O–H groups in total. The van der Waals surface area contributed by atoms with E-state index in [9.17, 15) is 4.79 Å². The number of hydrogen-bond acceptors (Lipinski definition) is 4. The maximum Gasteiger partial charge on any atom is 0.263 e. The molecule has 7 heteroatoms. The minimum absolute atomic E-state index is 0.169. The first kappa shape index (κ1) is 13.9. The lowest BCUT2D eigenvalue weighted by molar-refractivity contribution is 0.0957. The third kappa shape index (κ3) is 2.86. The summed E-state index contributed by atoms with van der Waals surface area (Å²) in [6.45, 7) is 1.12. The highest BCUT2D eigenvalue weighted by Gasteiger charge is 2.16. The van der Waals surface area contributed by atoms with E-state index in [1.54, 1.807) is 23.0 Å². The van der Waals surface area contributed by atoms with Gasteiger partial charge in [0, 0.05) is 34.0 Å². The molecule has 0 aliphatic rings. The van der Waals surface area contributed by atoms with Crippen molar-refractivity contribution in [2.24, 2.45) is 0 Å². The Labute approximate surface area is 130 Å². The Kier molecular flexibility index (Phi) is 3.81. The molecule has 0 spiro atoms. The Morgan fingerprint density at radius 2 is 2.33 bits per heavy atom. The second-order valence-corrected chi connectivity index (χ2v) is 6.00. The predicted molar refractivity (Wildman–Crippen MR) is 85.8 cm³/mol. The van der Waals surface area contributed by atoms with Gasteiger partial charge in [-0.25, -0.2) is 0 Å². The SMILES string of the molecule is Nc1c(C(=O)NCCn2cccn2)sc2ccc(Cl)cc12. The molecule has 0 aliphatic carbocycles. The Morgan fingerprint density at radius 1 is 1.48 bits per heavy atom. The van der Waals surface area contributed by atoms with Crippen molar-refractivity contribution in [3.05, 3.63) is 46.6 Å². The molecule has 108 valence electrons. The van der Waals surface area contributed by atoms with Crippen LogP contribution in [0.4, 0.5) is 5.69 Å². The molecule has 1 aromatic carbocycles. The van der Waals surface area contributed by atoms with Crippen LogP contribution in [0.3, 0.4) is 0 Å².